The number of piperidine rings is 1. The van der Waals surface area contributed by atoms with E-state index >= 15 is 0 Å². The number of aryl methyl sites for hydroxylation is 1. The molecule has 1 saturated heterocycles. The Hall–Kier alpha value is -2.52. The van der Waals surface area contributed by atoms with Gasteiger partial charge < -0.3 is 9.84 Å². The first-order chi connectivity index (χ1) is 12.8. The van der Waals surface area contributed by atoms with Crippen molar-refractivity contribution in [3.8, 4) is 5.88 Å². The molecule has 1 N–H and O–H groups in total. The molecular formula is C18H21N3O5S. The van der Waals surface area contributed by atoms with Crippen molar-refractivity contribution in [3.05, 3.63) is 47.4 Å². The van der Waals surface area contributed by atoms with Crippen LogP contribution in [-0.4, -0.2) is 53.0 Å². The summed E-state index contributed by atoms with van der Waals surface area (Å²) in [5, 5.41) is 9.24. The molecule has 0 bridgehead atoms. The zero-order chi connectivity index (χ0) is 19.6. The summed E-state index contributed by atoms with van der Waals surface area (Å²) in [5.74, 6) is -0.731. The Morgan fingerprint density at radius 1 is 1.22 bits per heavy atom. The number of aromatic carboxylic acids is 1. The molecule has 1 aliphatic heterocycles. The Bertz CT molecular complexity index is 939. The smallest absolute Gasteiger partial charge is 0.335 e. The van der Waals surface area contributed by atoms with Crippen LogP contribution in [-0.2, 0) is 10.0 Å². The first-order valence-corrected chi connectivity index (χ1v) is 10.0. The van der Waals surface area contributed by atoms with Crippen LogP contribution in [0, 0.1) is 13.8 Å². The van der Waals surface area contributed by atoms with Crippen molar-refractivity contribution < 1.29 is 23.1 Å². The van der Waals surface area contributed by atoms with Gasteiger partial charge in [0.05, 0.1) is 16.7 Å². The molecule has 2 aromatic rings. The van der Waals surface area contributed by atoms with E-state index in [1.54, 1.807) is 20.0 Å². The van der Waals surface area contributed by atoms with Gasteiger partial charge in [0.2, 0.25) is 15.9 Å². The van der Waals surface area contributed by atoms with Crippen LogP contribution in [0.15, 0.2) is 35.6 Å². The standard InChI is InChI=1S/C18H21N3O5S/c1-12-9-14(18(22)23)10-16(13(12)2)27(24,25)21-7-3-15(4-8-21)26-17-11-19-5-6-20-17/h5-6,9-11,15H,3-4,7-8H2,1-2H3,(H,22,23). The highest BCUT2D eigenvalue weighted by molar-refractivity contribution is 7.89. The molecular weight excluding hydrogens is 370 g/mol. The van der Waals surface area contributed by atoms with Crippen molar-refractivity contribution >= 4 is 16.0 Å². The van der Waals surface area contributed by atoms with Crippen molar-refractivity contribution in [3.63, 3.8) is 0 Å². The molecule has 144 valence electrons. The summed E-state index contributed by atoms with van der Waals surface area (Å²) in [6, 6.07) is 2.72. The Labute approximate surface area is 157 Å². The van der Waals surface area contributed by atoms with Crippen molar-refractivity contribution in [2.24, 2.45) is 0 Å². The quantitative estimate of drug-likeness (QED) is 0.830. The highest BCUT2D eigenvalue weighted by Crippen LogP contribution is 2.27. The number of aromatic nitrogens is 2. The highest BCUT2D eigenvalue weighted by Gasteiger charge is 2.32. The van der Waals surface area contributed by atoms with E-state index in [4.69, 9.17) is 4.74 Å². The third-order valence-corrected chi connectivity index (χ3v) is 6.74. The van der Waals surface area contributed by atoms with Crippen LogP contribution in [0.5, 0.6) is 5.88 Å². The van der Waals surface area contributed by atoms with E-state index in [2.05, 4.69) is 9.97 Å². The monoisotopic (exact) mass is 391 g/mol. The van der Waals surface area contributed by atoms with Crippen molar-refractivity contribution in [2.75, 3.05) is 13.1 Å². The number of sulfonamides is 1. The van der Waals surface area contributed by atoms with Gasteiger partial charge in [0.15, 0.2) is 0 Å². The van der Waals surface area contributed by atoms with E-state index in [9.17, 15) is 18.3 Å². The van der Waals surface area contributed by atoms with Gasteiger partial charge in [0, 0.05) is 25.5 Å². The van der Waals surface area contributed by atoms with Gasteiger partial charge in [-0.1, -0.05) is 0 Å². The molecule has 0 radical (unpaired) electrons. The minimum Gasteiger partial charge on any atom is -0.478 e. The van der Waals surface area contributed by atoms with Crippen LogP contribution in [0.2, 0.25) is 0 Å². The molecule has 0 unspecified atom stereocenters. The largest absolute Gasteiger partial charge is 0.478 e. The maximum atomic E-state index is 13.1. The Kier molecular flexibility index (Phi) is 5.43. The molecule has 3 rings (SSSR count). The van der Waals surface area contributed by atoms with Crippen molar-refractivity contribution in [1.29, 1.82) is 0 Å². The van der Waals surface area contributed by atoms with Gasteiger partial charge >= 0.3 is 5.97 Å². The number of hydrogen-bond donors (Lipinski definition) is 1. The minimum atomic E-state index is -3.78. The minimum absolute atomic E-state index is 0.0300. The zero-order valence-electron chi connectivity index (χ0n) is 15.1. The van der Waals surface area contributed by atoms with Crippen LogP contribution in [0.1, 0.15) is 34.3 Å². The molecule has 9 heteroatoms. The Balaban J connectivity index is 1.76. The number of carboxylic acids is 1. The van der Waals surface area contributed by atoms with Gasteiger partial charge in [-0.2, -0.15) is 4.31 Å². The van der Waals surface area contributed by atoms with Crippen molar-refractivity contribution in [1.82, 2.24) is 14.3 Å². The predicted octanol–water partition coefficient (Wildman–Crippen LogP) is 2.02. The average Bonchev–Trinajstić information content (AvgIpc) is 2.65. The van der Waals surface area contributed by atoms with Crippen LogP contribution in [0.4, 0.5) is 0 Å². The van der Waals surface area contributed by atoms with Gasteiger partial charge in [0.25, 0.3) is 0 Å². The zero-order valence-corrected chi connectivity index (χ0v) is 15.9. The third-order valence-electron chi connectivity index (χ3n) is 4.71. The summed E-state index contributed by atoms with van der Waals surface area (Å²) in [5.41, 5.74) is 1.17. The molecule has 1 aromatic heterocycles. The van der Waals surface area contributed by atoms with E-state index < -0.39 is 16.0 Å². The number of ether oxygens (including phenoxy) is 1. The third kappa shape index (κ3) is 4.09. The maximum absolute atomic E-state index is 13.1. The first kappa shape index (κ1) is 19.2. The molecule has 2 heterocycles. The Morgan fingerprint density at radius 2 is 1.93 bits per heavy atom. The van der Waals surface area contributed by atoms with Gasteiger partial charge in [-0.05, 0) is 49.9 Å². The normalized spacial score (nSPS) is 16.2. The number of carboxylic acid groups (broad SMARTS) is 1. The second-order valence-electron chi connectivity index (χ2n) is 6.49. The number of nitrogens with zero attached hydrogens (tertiary/aromatic N) is 3. The highest BCUT2D eigenvalue weighted by atomic mass is 32.2. The fraction of sp³-hybridized carbons (Fsp3) is 0.389. The number of carbonyl (C=O) groups is 1. The van der Waals surface area contributed by atoms with Crippen LogP contribution < -0.4 is 4.74 Å². The summed E-state index contributed by atoms with van der Waals surface area (Å²) in [4.78, 5) is 19.4. The second-order valence-corrected chi connectivity index (χ2v) is 8.39. The van der Waals surface area contributed by atoms with E-state index in [1.165, 1.54) is 28.8 Å². The van der Waals surface area contributed by atoms with E-state index in [1.807, 2.05) is 0 Å². The Morgan fingerprint density at radius 3 is 2.52 bits per heavy atom. The van der Waals surface area contributed by atoms with E-state index in [-0.39, 0.29) is 16.6 Å². The lowest BCUT2D eigenvalue weighted by Crippen LogP contribution is -2.42. The molecule has 1 fully saturated rings. The van der Waals surface area contributed by atoms with Gasteiger partial charge in [-0.3, -0.25) is 4.98 Å². The molecule has 0 spiro atoms. The summed E-state index contributed by atoms with van der Waals surface area (Å²) < 4.78 is 33.3. The van der Waals surface area contributed by atoms with Gasteiger partial charge in [-0.25, -0.2) is 18.2 Å². The molecule has 0 aliphatic carbocycles. The molecule has 8 nitrogen and oxygen atoms in total. The van der Waals surface area contributed by atoms with E-state index in [0.717, 1.165) is 0 Å². The lowest BCUT2D eigenvalue weighted by atomic mass is 10.1. The summed E-state index contributed by atoms with van der Waals surface area (Å²) in [6.45, 7) is 3.99. The van der Waals surface area contributed by atoms with Gasteiger partial charge in [-0.15, -0.1) is 0 Å². The SMILES string of the molecule is Cc1cc(C(=O)O)cc(S(=O)(=O)N2CCC(Oc3cnccn3)CC2)c1C. The molecule has 27 heavy (non-hydrogen) atoms. The van der Waals surface area contributed by atoms with Crippen LogP contribution in [0.3, 0.4) is 0 Å². The summed E-state index contributed by atoms with van der Waals surface area (Å²) >= 11 is 0. The molecule has 0 atom stereocenters. The molecule has 1 aliphatic rings. The number of benzene rings is 1. The lowest BCUT2D eigenvalue weighted by molar-refractivity contribution is 0.0696. The molecule has 0 saturated carbocycles. The lowest BCUT2D eigenvalue weighted by Gasteiger charge is -2.31. The topological polar surface area (TPSA) is 110 Å². The van der Waals surface area contributed by atoms with Crippen LogP contribution in [0.25, 0.3) is 0 Å². The number of rotatable bonds is 5. The van der Waals surface area contributed by atoms with Gasteiger partial charge in [0.1, 0.15) is 6.10 Å². The predicted molar refractivity (Wildman–Crippen MR) is 97.3 cm³/mol. The average molecular weight is 391 g/mol. The molecule has 0 amide bonds. The van der Waals surface area contributed by atoms with E-state index in [0.29, 0.717) is 42.9 Å². The first-order valence-electron chi connectivity index (χ1n) is 8.56. The molecule has 1 aromatic carbocycles. The van der Waals surface area contributed by atoms with Crippen LogP contribution >= 0.6 is 0 Å². The fourth-order valence-electron chi connectivity index (χ4n) is 3.06. The number of hydrogen-bond acceptors (Lipinski definition) is 6. The fourth-order valence-corrected chi connectivity index (χ4v) is 4.86. The van der Waals surface area contributed by atoms with Crippen molar-refractivity contribution in [2.45, 2.75) is 37.7 Å². The summed E-state index contributed by atoms with van der Waals surface area (Å²) in [7, 11) is -3.78. The maximum Gasteiger partial charge on any atom is 0.335 e. The summed E-state index contributed by atoms with van der Waals surface area (Å²) in [6.07, 6.45) is 5.51. The second kappa shape index (κ2) is 7.61.